The highest BCUT2D eigenvalue weighted by molar-refractivity contribution is 6.35. The molecular formula is C22H27ClF2N4O2. The second-order valence-electron chi connectivity index (χ2n) is 8.16. The molecule has 0 unspecified atom stereocenters. The van der Waals surface area contributed by atoms with Gasteiger partial charge in [0.25, 0.3) is 5.91 Å². The predicted octanol–water partition coefficient (Wildman–Crippen LogP) is 4.33. The summed E-state index contributed by atoms with van der Waals surface area (Å²) in [4.78, 5) is 30.5. The van der Waals surface area contributed by atoms with Crippen molar-refractivity contribution in [2.75, 3.05) is 32.5 Å². The highest BCUT2D eigenvalue weighted by Crippen LogP contribution is 2.36. The normalized spacial score (nSPS) is 16.2. The molecule has 0 saturated heterocycles. The zero-order valence-electron chi connectivity index (χ0n) is 17.7. The molecular weight excluding hydrogens is 426 g/mol. The molecule has 1 aromatic carbocycles. The first kappa shape index (κ1) is 23.2. The van der Waals surface area contributed by atoms with Crippen LogP contribution in [-0.4, -0.2) is 54.8 Å². The van der Waals surface area contributed by atoms with E-state index in [1.165, 1.54) is 4.90 Å². The summed E-state index contributed by atoms with van der Waals surface area (Å²) in [6, 6.07) is 6.85. The number of benzene rings is 1. The van der Waals surface area contributed by atoms with Crippen LogP contribution in [0.2, 0.25) is 5.02 Å². The molecule has 31 heavy (non-hydrogen) atoms. The van der Waals surface area contributed by atoms with Crippen LogP contribution >= 0.6 is 11.6 Å². The Bertz CT molecular complexity index is 958. The molecule has 1 fully saturated rings. The van der Waals surface area contributed by atoms with Crippen LogP contribution in [0.4, 0.5) is 14.6 Å². The number of rotatable bonds is 7. The van der Waals surface area contributed by atoms with Crippen LogP contribution < -0.4 is 10.6 Å². The number of pyridine rings is 1. The molecule has 2 aromatic rings. The number of hydrogen-bond acceptors (Lipinski definition) is 4. The highest BCUT2D eigenvalue weighted by Gasteiger charge is 2.34. The van der Waals surface area contributed by atoms with E-state index >= 15 is 0 Å². The third-order valence-corrected chi connectivity index (χ3v) is 5.89. The number of hydrogen-bond donors (Lipinski definition) is 2. The lowest BCUT2D eigenvalue weighted by Gasteiger charge is -2.28. The van der Waals surface area contributed by atoms with Crippen LogP contribution in [0, 0.1) is 5.92 Å². The van der Waals surface area contributed by atoms with Gasteiger partial charge in [-0.25, -0.2) is 13.8 Å². The molecule has 1 aliphatic carbocycles. The Hall–Kier alpha value is -2.48. The van der Waals surface area contributed by atoms with Crippen LogP contribution in [0.3, 0.4) is 0 Å². The number of fused-ring (bicyclic) bond motifs is 1. The molecule has 0 spiro atoms. The first-order valence-corrected chi connectivity index (χ1v) is 10.7. The number of nitrogens with zero attached hydrogens (tertiary/aromatic N) is 2. The fourth-order valence-corrected chi connectivity index (χ4v) is 3.91. The fourth-order valence-electron chi connectivity index (χ4n) is 3.66. The number of anilines is 1. The Morgan fingerprint density at radius 2 is 1.90 bits per heavy atom. The maximum Gasteiger partial charge on any atom is 0.253 e. The Morgan fingerprint density at radius 3 is 2.58 bits per heavy atom. The van der Waals surface area contributed by atoms with Crippen LogP contribution in [0.25, 0.3) is 10.9 Å². The van der Waals surface area contributed by atoms with Crippen molar-refractivity contribution >= 4 is 40.1 Å². The van der Waals surface area contributed by atoms with Crippen LogP contribution in [0.1, 0.15) is 42.5 Å². The Kier molecular flexibility index (Phi) is 7.30. The molecule has 1 saturated carbocycles. The van der Waals surface area contributed by atoms with Crippen molar-refractivity contribution in [3.8, 4) is 0 Å². The molecule has 0 atom stereocenters. The molecule has 1 aromatic heterocycles. The predicted molar refractivity (Wildman–Crippen MR) is 118 cm³/mol. The first-order valence-electron chi connectivity index (χ1n) is 10.4. The molecule has 0 aliphatic heterocycles. The Labute approximate surface area is 185 Å². The number of halogens is 3. The highest BCUT2D eigenvalue weighted by atomic mass is 35.5. The third-order valence-electron chi connectivity index (χ3n) is 5.58. The lowest BCUT2D eigenvalue weighted by molar-refractivity contribution is -0.128. The second-order valence-corrected chi connectivity index (χ2v) is 8.57. The fraction of sp³-hybridized carbons (Fsp3) is 0.500. The maximum atomic E-state index is 13.3. The lowest BCUT2D eigenvalue weighted by Crippen LogP contribution is -2.34. The average Bonchev–Trinajstić information content (AvgIpc) is 2.72. The number of carbonyl (C=O) groups is 2. The van der Waals surface area contributed by atoms with Crippen molar-refractivity contribution in [1.82, 2.24) is 15.2 Å². The van der Waals surface area contributed by atoms with Gasteiger partial charge in [0, 0.05) is 51.8 Å². The molecule has 0 radical (unpaired) electrons. The summed E-state index contributed by atoms with van der Waals surface area (Å²) in [7, 11) is 3.41. The molecule has 1 heterocycles. The van der Waals surface area contributed by atoms with E-state index in [1.807, 2.05) is 0 Å². The van der Waals surface area contributed by atoms with Gasteiger partial charge in [0.2, 0.25) is 11.8 Å². The van der Waals surface area contributed by atoms with Gasteiger partial charge in [-0.05, 0) is 43.0 Å². The SMILES string of the molecule is CN(C)C(=O)CCNc1ccc2c(C(=O)NCC3CCC(F)(F)CC3)c(Cl)ccc2n1. The summed E-state index contributed by atoms with van der Waals surface area (Å²) in [6.07, 6.45) is 0.853. The van der Waals surface area contributed by atoms with Crippen molar-refractivity contribution in [2.45, 2.75) is 38.0 Å². The van der Waals surface area contributed by atoms with Crippen molar-refractivity contribution in [2.24, 2.45) is 5.92 Å². The van der Waals surface area contributed by atoms with Gasteiger partial charge in [-0.1, -0.05) is 11.6 Å². The molecule has 6 nitrogen and oxygen atoms in total. The summed E-state index contributed by atoms with van der Waals surface area (Å²) in [5.41, 5.74) is 0.915. The molecule has 1 aliphatic rings. The minimum absolute atomic E-state index is 0.0145. The zero-order chi connectivity index (χ0) is 22.6. The topological polar surface area (TPSA) is 74.3 Å². The smallest absolute Gasteiger partial charge is 0.253 e. The number of carbonyl (C=O) groups excluding carboxylic acids is 2. The van der Waals surface area contributed by atoms with Crippen LogP contribution in [0.5, 0.6) is 0 Å². The van der Waals surface area contributed by atoms with Crippen molar-refractivity contribution in [3.05, 3.63) is 34.9 Å². The van der Waals surface area contributed by atoms with Gasteiger partial charge in [0.1, 0.15) is 5.82 Å². The largest absolute Gasteiger partial charge is 0.370 e. The summed E-state index contributed by atoms with van der Waals surface area (Å²) < 4.78 is 26.6. The van der Waals surface area contributed by atoms with Crippen molar-refractivity contribution < 1.29 is 18.4 Å². The molecule has 2 amide bonds. The molecule has 2 N–H and O–H groups in total. The second kappa shape index (κ2) is 9.77. The van der Waals surface area contributed by atoms with Crippen LogP contribution in [0.15, 0.2) is 24.3 Å². The van der Waals surface area contributed by atoms with Gasteiger partial charge in [-0.15, -0.1) is 0 Å². The van der Waals surface area contributed by atoms with Gasteiger partial charge in [0.15, 0.2) is 0 Å². The van der Waals surface area contributed by atoms with E-state index in [4.69, 9.17) is 11.6 Å². The minimum Gasteiger partial charge on any atom is -0.370 e. The van der Waals surface area contributed by atoms with E-state index in [9.17, 15) is 18.4 Å². The molecule has 9 heteroatoms. The van der Waals surface area contributed by atoms with E-state index in [0.29, 0.717) is 59.7 Å². The number of alkyl halides is 2. The summed E-state index contributed by atoms with van der Waals surface area (Å²) >= 11 is 6.30. The van der Waals surface area contributed by atoms with Crippen molar-refractivity contribution in [3.63, 3.8) is 0 Å². The Balaban J connectivity index is 1.66. The van der Waals surface area contributed by atoms with Gasteiger partial charge < -0.3 is 15.5 Å². The monoisotopic (exact) mass is 452 g/mol. The molecule has 3 rings (SSSR count). The third kappa shape index (κ3) is 6.03. The van der Waals surface area contributed by atoms with Gasteiger partial charge in [-0.3, -0.25) is 9.59 Å². The maximum absolute atomic E-state index is 13.3. The standard InChI is InChI=1S/C22H27ClF2N4O2/c1-29(2)19(30)9-12-26-18-6-3-15-17(28-18)5-4-16(23)20(15)21(31)27-13-14-7-10-22(24,25)11-8-14/h3-6,14H,7-13H2,1-2H3,(H,26,28)(H,27,31). The van der Waals surface area contributed by atoms with E-state index in [2.05, 4.69) is 15.6 Å². The average molecular weight is 453 g/mol. The lowest BCUT2D eigenvalue weighted by atomic mass is 9.87. The summed E-state index contributed by atoms with van der Waals surface area (Å²) in [5.74, 6) is -2.28. The van der Waals surface area contributed by atoms with E-state index < -0.39 is 5.92 Å². The van der Waals surface area contributed by atoms with Gasteiger partial charge in [0.05, 0.1) is 16.1 Å². The van der Waals surface area contributed by atoms with E-state index in [-0.39, 0.29) is 30.6 Å². The Morgan fingerprint density at radius 1 is 1.19 bits per heavy atom. The zero-order valence-corrected chi connectivity index (χ0v) is 18.4. The van der Waals surface area contributed by atoms with Gasteiger partial charge >= 0.3 is 0 Å². The molecule has 0 bridgehead atoms. The number of amides is 2. The van der Waals surface area contributed by atoms with Gasteiger partial charge in [-0.2, -0.15) is 0 Å². The minimum atomic E-state index is -2.59. The quantitative estimate of drug-likeness (QED) is 0.655. The number of aromatic nitrogens is 1. The van der Waals surface area contributed by atoms with E-state index in [0.717, 1.165) is 0 Å². The van der Waals surface area contributed by atoms with E-state index in [1.54, 1.807) is 38.4 Å². The summed E-state index contributed by atoms with van der Waals surface area (Å²) in [6.45, 7) is 0.783. The van der Waals surface area contributed by atoms with Crippen molar-refractivity contribution in [1.29, 1.82) is 0 Å². The summed E-state index contributed by atoms with van der Waals surface area (Å²) in [5, 5.41) is 6.87. The first-order chi connectivity index (χ1) is 14.7. The van der Waals surface area contributed by atoms with Crippen LogP contribution in [-0.2, 0) is 4.79 Å². The number of nitrogens with one attached hydrogen (secondary N) is 2. The molecule has 168 valence electrons.